The van der Waals surface area contributed by atoms with Crippen LogP contribution in [0.5, 0.6) is 0 Å². The van der Waals surface area contributed by atoms with E-state index in [9.17, 15) is 8.42 Å². The third-order valence-corrected chi connectivity index (χ3v) is 6.56. The fourth-order valence-corrected chi connectivity index (χ4v) is 5.04. The molecule has 0 spiro atoms. The van der Waals surface area contributed by atoms with Crippen molar-refractivity contribution in [2.75, 3.05) is 13.2 Å². The summed E-state index contributed by atoms with van der Waals surface area (Å²) in [5, 5.41) is 9.14. The lowest BCUT2D eigenvalue weighted by Gasteiger charge is -2.33. The van der Waals surface area contributed by atoms with E-state index in [1.165, 1.54) is 0 Å². The number of aryl methyl sites for hydroxylation is 1. The van der Waals surface area contributed by atoms with E-state index >= 15 is 0 Å². The fourth-order valence-electron chi connectivity index (χ4n) is 2.17. The summed E-state index contributed by atoms with van der Waals surface area (Å²) in [4.78, 5) is 0.686. The van der Waals surface area contributed by atoms with Gasteiger partial charge in [0.1, 0.15) is 4.21 Å². The highest BCUT2D eigenvalue weighted by atomic mass is 32.2. The van der Waals surface area contributed by atoms with E-state index in [1.807, 2.05) is 6.92 Å². The van der Waals surface area contributed by atoms with Gasteiger partial charge in [-0.3, -0.25) is 0 Å². The highest BCUT2D eigenvalue weighted by Crippen LogP contribution is 2.28. The van der Waals surface area contributed by atoms with Crippen LogP contribution in [0.2, 0.25) is 0 Å². The first-order valence-electron chi connectivity index (χ1n) is 6.18. The number of nitrogens with one attached hydrogen (secondary N) is 1. The first-order chi connectivity index (χ1) is 8.86. The molecule has 1 atom stereocenters. The van der Waals surface area contributed by atoms with Crippen LogP contribution in [0.15, 0.2) is 10.3 Å². The number of sulfonamides is 1. The summed E-state index contributed by atoms with van der Waals surface area (Å²) in [7, 11) is -3.55. The van der Waals surface area contributed by atoms with Crippen molar-refractivity contribution < 1.29 is 18.3 Å². The monoisotopic (exact) mass is 305 g/mol. The Morgan fingerprint density at radius 3 is 2.84 bits per heavy atom. The molecule has 1 unspecified atom stereocenters. The minimum absolute atomic E-state index is 0.133. The Morgan fingerprint density at radius 2 is 2.32 bits per heavy atom. The second-order valence-corrected chi connectivity index (χ2v) is 8.20. The Kier molecular flexibility index (Phi) is 4.32. The minimum Gasteiger partial charge on any atom is -0.391 e. The molecule has 1 saturated heterocycles. The summed E-state index contributed by atoms with van der Waals surface area (Å²) in [6.45, 7) is 4.60. The Bertz CT molecular complexity index is 544. The molecule has 0 amide bonds. The van der Waals surface area contributed by atoms with E-state index in [4.69, 9.17) is 9.84 Å². The van der Waals surface area contributed by atoms with Crippen LogP contribution in [0.1, 0.15) is 30.2 Å². The molecule has 0 aromatic carbocycles. The van der Waals surface area contributed by atoms with E-state index in [0.717, 1.165) is 29.7 Å². The van der Waals surface area contributed by atoms with Crippen molar-refractivity contribution in [1.29, 1.82) is 0 Å². The number of aliphatic hydroxyl groups is 1. The molecule has 1 aliphatic heterocycles. The zero-order valence-corrected chi connectivity index (χ0v) is 12.7. The molecule has 1 fully saturated rings. The summed E-state index contributed by atoms with van der Waals surface area (Å²) < 4.78 is 33.0. The molecule has 0 radical (unpaired) electrons. The molecule has 0 bridgehead atoms. The zero-order chi connectivity index (χ0) is 14.1. The van der Waals surface area contributed by atoms with Crippen molar-refractivity contribution >= 4 is 21.4 Å². The molecule has 1 aliphatic rings. The van der Waals surface area contributed by atoms with Crippen LogP contribution < -0.4 is 4.72 Å². The zero-order valence-electron chi connectivity index (χ0n) is 11.1. The smallest absolute Gasteiger partial charge is 0.250 e. The maximum atomic E-state index is 12.3. The summed E-state index contributed by atoms with van der Waals surface area (Å²) in [6.07, 6.45) is 1.62. The Morgan fingerprint density at radius 1 is 1.58 bits per heavy atom. The summed E-state index contributed by atoms with van der Waals surface area (Å²) >= 11 is 1.11. The maximum Gasteiger partial charge on any atom is 0.250 e. The van der Waals surface area contributed by atoms with Crippen molar-refractivity contribution in [2.24, 2.45) is 0 Å². The number of hydrogen-bond acceptors (Lipinski definition) is 5. The predicted molar refractivity (Wildman–Crippen MR) is 73.8 cm³/mol. The molecular weight excluding hydrogens is 286 g/mol. The highest BCUT2D eigenvalue weighted by molar-refractivity contribution is 7.91. The molecular formula is C12H19NO4S2. The molecule has 108 valence electrons. The number of hydrogen-bond donors (Lipinski definition) is 2. The predicted octanol–water partition coefficient (Wildman–Crippen LogP) is 1.40. The molecule has 2 rings (SSSR count). The highest BCUT2D eigenvalue weighted by Gasteiger charge is 2.33. The van der Waals surface area contributed by atoms with Gasteiger partial charge in [-0.1, -0.05) is 0 Å². The third-order valence-electron chi connectivity index (χ3n) is 3.23. The van der Waals surface area contributed by atoms with Gasteiger partial charge in [0, 0.05) is 11.5 Å². The van der Waals surface area contributed by atoms with Crippen molar-refractivity contribution in [1.82, 2.24) is 4.72 Å². The van der Waals surface area contributed by atoms with Crippen molar-refractivity contribution in [3.8, 4) is 0 Å². The molecule has 0 saturated carbocycles. The average molecular weight is 305 g/mol. The van der Waals surface area contributed by atoms with Gasteiger partial charge in [0.15, 0.2) is 0 Å². The molecule has 19 heavy (non-hydrogen) atoms. The van der Waals surface area contributed by atoms with Gasteiger partial charge in [-0.25, -0.2) is 13.1 Å². The van der Waals surface area contributed by atoms with Gasteiger partial charge >= 0.3 is 0 Å². The Labute approximate surface area is 117 Å². The van der Waals surface area contributed by atoms with E-state index in [0.29, 0.717) is 18.1 Å². The van der Waals surface area contributed by atoms with Gasteiger partial charge in [-0.2, -0.15) is 0 Å². The van der Waals surface area contributed by atoms with Crippen LogP contribution in [-0.4, -0.2) is 32.3 Å². The lowest BCUT2D eigenvalue weighted by molar-refractivity contribution is 0.0387. The summed E-state index contributed by atoms with van der Waals surface area (Å²) in [5.74, 6) is 0. The molecule has 1 aromatic heterocycles. The quantitative estimate of drug-likeness (QED) is 0.881. The number of rotatable bonds is 4. The maximum absolute atomic E-state index is 12.3. The molecule has 5 nitrogen and oxygen atoms in total. The molecule has 2 N–H and O–H groups in total. The summed E-state index contributed by atoms with van der Waals surface area (Å²) in [5.41, 5.74) is 0.256. The lowest BCUT2D eigenvalue weighted by Crippen LogP contribution is -2.51. The van der Waals surface area contributed by atoms with Gasteiger partial charge in [0.25, 0.3) is 10.0 Å². The van der Waals surface area contributed by atoms with Gasteiger partial charge in [-0.15, -0.1) is 11.3 Å². The van der Waals surface area contributed by atoms with Crippen LogP contribution in [-0.2, 0) is 21.4 Å². The molecule has 0 aliphatic carbocycles. The number of thiophene rings is 1. The first kappa shape index (κ1) is 14.9. The van der Waals surface area contributed by atoms with Crippen molar-refractivity contribution in [3.05, 3.63) is 16.5 Å². The summed E-state index contributed by atoms with van der Waals surface area (Å²) in [6, 6.07) is 1.60. The van der Waals surface area contributed by atoms with E-state index in [-0.39, 0.29) is 10.8 Å². The first-order valence-corrected chi connectivity index (χ1v) is 8.48. The normalized spacial score (nSPS) is 24.6. The van der Waals surface area contributed by atoms with Crippen LogP contribution in [0.25, 0.3) is 0 Å². The topological polar surface area (TPSA) is 75.6 Å². The minimum atomic E-state index is -3.55. The van der Waals surface area contributed by atoms with Crippen LogP contribution in [0.3, 0.4) is 0 Å². The second-order valence-electron chi connectivity index (χ2n) is 5.15. The van der Waals surface area contributed by atoms with Crippen LogP contribution >= 0.6 is 11.3 Å². The van der Waals surface area contributed by atoms with Gasteiger partial charge in [0.05, 0.1) is 18.8 Å². The lowest BCUT2D eigenvalue weighted by atomic mass is 9.97. The van der Waals surface area contributed by atoms with Gasteiger partial charge in [0.2, 0.25) is 0 Å². The van der Waals surface area contributed by atoms with E-state index in [1.54, 1.807) is 13.0 Å². The van der Waals surface area contributed by atoms with Crippen LogP contribution in [0.4, 0.5) is 0 Å². The number of aliphatic hydroxyl groups excluding tert-OH is 1. The Balaban J connectivity index is 2.21. The van der Waals surface area contributed by atoms with Gasteiger partial charge in [-0.05, 0) is 38.3 Å². The third kappa shape index (κ3) is 3.35. The van der Waals surface area contributed by atoms with Gasteiger partial charge < -0.3 is 9.84 Å². The molecule has 1 aromatic rings. The SMILES string of the molecule is Cc1cc(S(=O)(=O)NC2(C)CCCOC2)sc1CO. The average Bonchev–Trinajstić information content (AvgIpc) is 2.71. The fraction of sp³-hybridized carbons (Fsp3) is 0.667. The largest absolute Gasteiger partial charge is 0.391 e. The van der Waals surface area contributed by atoms with E-state index in [2.05, 4.69) is 4.72 Å². The van der Waals surface area contributed by atoms with E-state index < -0.39 is 15.6 Å². The molecule has 7 heteroatoms. The van der Waals surface area contributed by atoms with Crippen LogP contribution in [0, 0.1) is 6.92 Å². The Hall–Kier alpha value is -0.470. The standard InChI is InChI=1S/C12H19NO4S2/c1-9-6-11(18-10(9)7-14)19(15,16)13-12(2)4-3-5-17-8-12/h6,13-14H,3-5,7-8H2,1-2H3. The number of ether oxygens (including phenoxy) is 1. The molecule has 2 heterocycles. The van der Waals surface area contributed by atoms with Crippen molar-refractivity contribution in [2.45, 2.75) is 43.0 Å². The van der Waals surface area contributed by atoms with Crippen molar-refractivity contribution in [3.63, 3.8) is 0 Å². The second kappa shape index (κ2) is 5.49.